The van der Waals surface area contributed by atoms with Gasteiger partial charge in [-0.2, -0.15) is 4.98 Å². The smallest absolute Gasteiger partial charge is 0.405 e. The number of alkyl halides is 3. The summed E-state index contributed by atoms with van der Waals surface area (Å²) in [7, 11) is 3.96. The largest absolute Gasteiger partial charge is 0.573 e. The third-order valence-corrected chi connectivity index (χ3v) is 6.87. The third kappa shape index (κ3) is 7.22. The standard InChI is InChI=1S/C26H31BrF3N5O/c1-35(2)24-21-7-3-4-8-22(21)33-25(34-24)32-20-13-11-19(12-14-20)31-15-5-6-17-9-10-18(27)16-23(17)36-26(28,29)30/h3-4,7-10,16,19-20,31H,5-6,11-15H2,1-2H3,(H,32,33,34)/t19-,20+. The van der Waals surface area contributed by atoms with Crippen molar-refractivity contribution in [3.05, 3.63) is 52.5 Å². The van der Waals surface area contributed by atoms with Crippen LogP contribution < -0.4 is 20.3 Å². The molecule has 0 atom stereocenters. The first-order valence-electron chi connectivity index (χ1n) is 12.2. The molecule has 1 aromatic heterocycles. The second-order valence-electron chi connectivity index (χ2n) is 9.33. The molecule has 1 saturated carbocycles. The molecule has 0 bridgehead atoms. The summed E-state index contributed by atoms with van der Waals surface area (Å²) in [4.78, 5) is 11.5. The van der Waals surface area contributed by atoms with Gasteiger partial charge in [-0.15, -0.1) is 13.2 Å². The molecule has 10 heteroatoms. The highest BCUT2D eigenvalue weighted by atomic mass is 79.9. The van der Waals surface area contributed by atoms with E-state index in [1.807, 2.05) is 43.3 Å². The summed E-state index contributed by atoms with van der Waals surface area (Å²) in [6.07, 6.45) is 0.580. The van der Waals surface area contributed by atoms with Crippen molar-refractivity contribution in [2.75, 3.05) is 30.9 Å². The number of hydrogen-bond acceptors (Lipinski definition) is 6. The molecule has 0 radical (unpaired) electrons. The van der Waals surface area contributed by atoms with Gasteiger partial charge in [0.15, 0.2) is 0 Å². The predicted molar refractivity (Wildman–Crippen MR) is 141 cm³/mol. The number of rotatable bonds is 9. The van der Waals surface area contributed by atoms with Crippen LogP contribution in [0.1, 0.15) is 37.7 Å². The van der Waals surface area contributed by atoms with Crippen LogP contribution in [0.3, 0.4) is 0 Å². The van der Waals surface area contributed by atoms with Crippen LogP contribution in [0.5, 0.6) is 5.75 Å². The zero-order valence-electron chi connectivity index (χ0n) is 20.4. The average molecular weight is 566 g/mol. The zero-order chi connectivity index (χ0) is 25.7. The summed E-state index contributed by atoms with van der Waals surface area (Å²) in [5.74, 6) is 1.41. The van der Waals surface area contributed by atoms with Crippen LogP contribution in [0.25, 0.3) is 10.9 Å². The number of aryl methyl sites for hydroxylation is 1. The maximum absolute atomic E-state index is 12.7. The summed E-state index contributed by atoms with van der Waals surface area (Å²) in [5.41, 5.74) is 1.47. The average Bonchev–Trinajstić information content (AvgIpc) is 2.82. The van der Waals surface area contributed by atoms with Crippen LogP contribution in [0.2, 0.25) is 0 Å². The van der Waals surface area contributed by atoms with Gasteiger partial charge in [0.25, 0.3) is 0 Å². The number of halogens is 4. The maximum atomic E-state index is 12.7. The van der Waals surface area contributed by atoms with E-state index in [-0.39, 0.29) is 5.75 Å². The maximum Gasteiger partial charge on any atom is 0.573 e. The molecule has 0 saturated heterocycles. The Labute approximate surface area is 217 Å². The Bertz CT molecular complexity index is 1170. The lowest BCUT2D eigenvalue weighted by Crippen LogP contribution is -2.37. The number of nitrogens with one attached hydrogen (secondary N) is 2. The van der Waals surface area contributed by atoms with E-state index in [1.54, 1.807) is 12.1 Å². The molecule has 194 valence electrons. The molecule has 1 fully saturated rings. The minimum absolute atomic E-state index is 0.142. The fraction of sp³-hybridized carbons (Fsp3) is 0.462. The van der Waals surface area contributed by atoms with E-state index in [1.165, 1.54) is 6.07 Å². The molecule has 0 unspecified atom stereocenters. The van der Waals surface area contributed by atoms with Crippen LogP contribution >= 0.6 is 15.9 Å². The van der Waals surface area contributed by atoms with Crippen molar-refractivity contribution >= 4 is 38.6 Å². The topological polar surface area (TPSA) is 62.3 Å². The van der Waals surface area contributed by atoms with Crippen LogP contribution in [0.15, 0.2) is 46.9 Å². The SMILES string of the molecule is CN(C)c1nc(N[C@H]2CC[C@@H](NCCCc3ccc(Br)cc3OC(F)(F)F)CC2)nc2ccccc12. The van der Waals surface area contributed by atoms with E-state index in [2.05, 4.69) is 31.3 Å². The summed E-state index contributed by atoms with van der Waals surface area (Å²) in [6.45, 7) is 0.740. The van der Waals surface area contributed by atoms with Gasteiger partial charge in [0.05, 0.1) is 5.52 Å². The van der Waals surface area contributed by atoms with Crippen molar-refractivity contribution in [3.63, 3.8) is 0 Å². The van der Waals surface area contributed by atoms with Gasteiger partial charge in [-0.3, -0.25) is 0 Å². The molecule has 0 amide bonds. The Kier molecular flexibility index (Phi) is 8.56. The monoisotopic (exact) mass is 565 g/mol. The van der Waals surface area contributed by atoms with Gasteiger partial charge >= 0.3 is 6.36 Å². The summed E-state index contributed by atoms with van der Waals surface area (Å²) < 4.78 is 42.9. The third-order valence-electron chi connectivity index (χ3n) is 6.38. The normalized spacial score (nSPS) is 18.3. The van der Waals surface area contributed by atoms with Crippen molar-refractivity contribution in [1.82, 2.24) is 15.3 Å². The van der Waals surface area contributed by atoms with E-state index in [0.717, 1.165) is 55.4 Å². The molecule has 0 aliphatic heterocycles. The molecule has 0 spiro atoms. The lowest BCUT2D eigenvalue weighted by atomic mass is 9.91. The molecule has 2 aromatic carbocycles. The molecular formula is C26H31BrF3N5O. The van der Waals surface area contributed by atoms with Gasteiger partial charge in [0.1, 0.15) is 11.6 Å². The first-order valence-corrected chi connectivity index (χ1v) is 13.0. The second kappa shape index (κ2) is 11.6. The van der Waals surface area contributed by atoms with Crippen molar-refractivity contribution in [3.8, 4) is 5.75 Å². The minimum Gasteiger partial charge on any atom is -0.405 e. The highest BCUT2D eigenvalue weighted by molar-refractivity contribution is 9.10. The molecule has 2 N–H and O–H groups in total. The van der Waals surface area contributed by atoms with Gasteiger partial charge in [-0.1, -0.05) is 34.1 Å². The van der Waals surface area contributed by atoms with Crippen molar-refractivity contribution in [2.24, 2.45) is 0 Å². The van der Waals surface area contributed by atoms with E-state index < -0.39 is 6.36 Å². The van der Waals surface area contributed by atoms with Crippen LogP contribution in [0, 0.1) is 0 Å². The fourth-order valence-electron chi connectivity index (χ4n) is 4.63. The Hall–Kier alpha value is -2.59. The number of ether oxygens (including phenoxy) is 1. The molecule has 1 heterocycles. The Morgan fingerprint density at radius 1 is 1.03 bits per heavy atom. The van der Waals surface area contributed by atoms with Gasteiger partial charge in [-0.05, 0) is 74.9 Å². The first-order chi connectivity index (χ1) is 17.2. The van der Waals surface area contributed by atoms with Crippen molar-refractivity contribution in [1.29, 1.82) is 0 Å². The number of hydrogen-bond donors (Lipinski definition) is 2. The summed E-state index contributed by atoms with van der Waals surface area (Å²) >= 11 is 3.21. The van der Waals surface area contributed by atoms with Crippen LogP contribution in [-0.4, -0.2) is 49.1 Å². The summed E-state index contributed by atoms with van der Waals surface area (Å²) in [6, 6.07) is 13.5. The molecule has 36 heavy (non-hydrogen) atoms. The zero-order valence-corrected chi connectivity index (χ0v) is 22.0. The van der Waals surface area contributed by atoms with E-state index in [9.17, 15) is 13.2 Å². The lowest BCUT2D eigenvalue weighted by molar-refractivity contribution is -0.274. The molecular weight excluding hydrogens is 535 g/mol. The van der Waals surface area contributed by atoms with E-state index in [0.29, 0.717) is 34.5 Å². The van der Waals surface area contributed by atoms with Gasteiger partial charge in [0, 0.05) is 36.0 Å². The number of benzene rings is 2. The summed E-state index contributed by atoms with van der Waals surface area (Å²) in [5, 5.41) is 8.12. The molecule has 6 nitrogen and oxygen atoms in total. The van der Waals surface area contributed by atoms with E-state index >= 15 is 0 Å². The lowest BCUT2D eigenvalue weighted by Gasteiger charge is -2.30. The second-order valence-corrected chi connectivity index (χ2v) is 10.2. The molecule has 1 aliphatic carbocycles. The Balaban J connectivity index is 1.24. The predicted octanol–water partition coefficient (Wildman–Crippen LogP) is 6.30. The highest BCUT2D eigenvalue weighted by Crippen LogP contribution is 2.30. The number of para-hydroxylation sites is 1. The Morgan fingerprint density at radius 3 is 2.47 bits per heavy atom. The number of fused-ring (bicyclic) bond motifs is 1. The number of anilines is 2. The molecule has 1 aliphatic rings. The van der Waals surface area contributed by atoms with E-state index in [4.69, 9.17) is 9.97 Å². The fourth-order valence-corrected chi connectivity index (χ4v) is 4.97. The Morgan fingerprint density at radius 2 is 1.75 bits per heavy atom. The minimum atomic E-state index is -4.70. The van der Waals surface area contributed by atoms with Gasteiger partial charge in [-0.25, -0.2) is 4.98 Å². The highest BCUT2D eigenvalue weighted by Gasteiger charge is 2.32. The molecule has 4 rings (SSSR count). The van der Waals surface area contributed by atoms with Crippen molar-refractivity contribution in [2.45, 2.75) is 57.0 Å². The number of nitrogens with zero attached hydrogens (tertiary/aromatic N) is 3. The first kappa shape index (κ1) is 26.5. The van der Waals surface area contributed by atoms with Crippen LogP contribution in [-0.2, 0) is 6.42 Å². The quantitative estimate of drug-likeness (QED) is 0.297. The molecule has 3 aromatic rings. The van der Waals surface area contributed by atoms with Gasteiger partial charge < -0.3 is 20.3 Å². The van der Waals surface area contributed by atoms with Crippen LogP contribution in [0.4, 0.5) is 24.9 Å². The number of aromatic nitrogens is 2. The van der Waals surface area contributed by atoms with Crippen molar-refractivity contribution < 1.29 is 17.9 Å². The van der Waals surface area contributed by atoms with Gasteiger partial charge in [0.2, 0.25) is 5.95 Å².